The highest BCUT2D eigenvalue weighted by atomic mass is 19.1. The summed E-state index contributed by atoms with van der Waals surface area (Å²) in [5.41, 5.74) is 3.22. The largest absolute Gasteiger partial charge is 0.368 e. The van der Waals surface area contributed by atoms with E-state index in [1.165, 1.54) is 11.6 Å². The summed E-state index contributed by atoms with van der Waals surface area (Å²) in [6, 6.07) is 17.2. The first-order valence-electron chi connectivity index (χ1n) is 8.86. The lowest BCUT2D eigenvalue weighted by atomic mass is 10.1. The van der Waals surface area contributed by atoms with Crippen LogP contribution in [0, 0.1) is 5.82 Å². The van der Waals surface area contributed by atoms with Gasteiger partial charge in [0.15, 0.2) is 0 Å². The van der Waals surface area contributed by atoms with Crippen LogP contribution in [0.1, 0.15) is 17.3 Å². The minimum absolute atomic E-state index is 0.0985. The Bertz CT molecular complexity index is 927. The molecule has 0 bridgehead atoms. The molecule has 2 aliphatic heterocycles. The van der Waals surface area contributed by atoms with Crippen LogP contribution in [0.3, 0.4) is 0 Å². The van der Waals surface area contributed by atoms with Gasteiger partial charge < -0.3 is 4.74 Å². The van der Waals surface area contributed by atoms with Crippen LogP contribution in [0.2, 0.25) is 0 Å². The summed E-state index contributed by atoms with van der Waals surface area (Å²) in [6.45, 7) is 3.03. The van der Waals surface area contributed by atoms with Gasteiger partial charge in [-0.3, -0.25) is 4.90 Å². The van der Waals surface area contributed by atoms with Gasteiger partial charge in [0.2, 0.25) is 0 Å². The average Bonchev–Trinajstić information content (AvgIpc) is 3.26. The zero-order valence-electron chi connectivity index (χ0n) is 14.3. The number of halogens is 1. The molecule has 2 aliphatic rings. The number of hydrogen-bond donors (Lipinski definition) is 0. The van der Waals surface area contributed by atoms with Crippen molar-refractivity contribution in [3.8, 4) is 11.3 Å². The van der Waals surface area contributed by atoms with Gasteiger partial charge in [0.1, 0.15) is 11.5 Å². The van der Waals surface area contributed by atoms with Crippen LogP contribution in [-0.2, 0) is 17.9 Å². The number of fused-ring (bicyclic) bond motifs is 3. The molecule has 0 aliphatic carbocycles. The Hall–Kier alpha value is -2.57. The first-order chi connectivity index (χ1) is 12.8. The van der Waals surface area contributed by atoms with Crippen LogP contribution in [0.25, 0.3) is 11.3 Å². The Kier molecular flexibility index (Phi) is 3.80. The number of ether oxygens (including phenoxy) is 1. The van der Waals surface area contributed by atoms with E-state index in [0.717, 1.165) is 25.3 Å². The molecule has 0 N–H and O–H groups in total. The number of hydrogen-bond acceptors (Lipinski definition) is 4. The molecule has 0 radical (unpaired) electrons. The third-order valence-corrected chi connectivity index (χ3v) is 5.23. The number of likely N-dealkylation sites (tertiary alicyclic amines) is 1. The molecule has 5 rings (SSSR count). The summed E-state index contributed by atoms with van der Waals surface area (Å²) in [7, 11) is 0. The molecule has 6 heteroatoms. The Morgan fingerprint density at radius 1 is 1.04 bits per heavy atom. The quantitative estimate of drug-likeness (QED) is 0.728. The summed E-state index contributed by atoms with van der Waals surface area (Å²) in [4.78, 5) is 2.38. The molecule has 0 amide bonds. The average molecular weight is 350 g/mol. The van der Waals surface area contributed by atoms with Gasteiger partial charge in [-0.05, 0) is 17.7 Å². The van der Waals surface area contributed by atoms with Gasteiger partial charge in [0.25, 0.3) is 0 Å². The molecule has 132 valence electrons. The van der Waals surface area contributed by atoms with Crippen molar-refractivity contribution >= 4 is 0 Å². The molecule has 3 aromatic rings. The topological polar surface area (TPSA) is 43.2 Å². The number of nitrogens with zero attached hydrogens (tertiary/aromatic N) is 4. The standard InChI is InChI=1S/C20H19FN4O/c21-16-9-5-4-8-15(16)20-18-13-26-19-12-24(10-14-6-2-1-3-7-14)11-17(19)25(18)23-22-20/h1-9,17,19H,10-13H2/t17?,19-/m1/s1. The molecule has 1 unspecified atom stereocenters. The molecule has 3 heterocycles. The second kappa shape index (κ2) is 6.30. The first kappa shape index (κ1) is 15.7. The normalized spacial score (nSPS) is 22.2. The zero-order valence-corrected chi connectivity index (χ0v) is 14.3. The summed E-state index contributed by atoms with van der Waals surface area (Å²) in [5.74, 6) is -0.282. The van der Waals surface area contributed by atoms with Crippen LogP contribution >= 0.6 is 0 Å². The van der Waals surface area contributed by atoms with Crippen molar-refractivity contribution in [1.29, 1.82) is 0 Å². The van der Waals surface area contributed by atoms with E-state index in [1.54, 1.807) is 12.1 Å². The van der Waals surface area contributed by atoms with E-state index >= 15 is 0 Å². The van der Waals surface area contributed by atoms with Crippen molar-refractivity contribution in [2.24, 2.45) is 0 Å². The van der Waals surface area contributed by atoms with E-state index in [0.29, 0.717) is 17.9 Å². The van der Waals surface area contributed by atoms with E-state index < -0.39 is 0 Å². The lowest BCUT2D eigenvalue weighted by Gasteiger charge is -2.26. The SMILES string of the molecule is Fc1ccccc1-c1nnn2c1CO[C@@H]1CN(Cc3ccccc3)CC12. The fraction of sp³-hybridized carbons (Fsp3) is 0.300. The highest BCUT2D eigenvalue weighted by Crippen LogP contribution is 2.35. The van der Waals surface area contributed by atoms with Crippen molar-refractivity contribution in [2.45, 2.75) is 25.3 Å². The number of aromatic nitrogens is 3. The van der Waals surface area contributed by atoms with E-state index in [2.05, 4.69) is 39.5 Å². The molecule has 1 aromatic heterocycles. The summed E-state index contributed by atoms with van der Waals surface area (Å²) >= 11 is 0. The molecule has 0 spiro atoms. The van der Waals surface area contributed by atoms with Crippen LogP contribution in [-0.4, -0.2) is 39.1 Å². The van der Waals surface area contributed by atoms with E-state index in [1.807, 2.05) is 16.8 Å². The summed E-state index contributed by atoms with van der Waals surface area (Å²) < 4.78 is 22.2. The lowest BCUT2D eigenvalue weighted by molar-refractivity contribution is -0.00494. The molecular formula is C20H19FN4O. The zero-order chi connectivity index (χ0) is 17.5. The lowest BCUT2D eigenvalue weighted by Crippen LogP contribution is -2.32. The number of rotatable bonds is 3. The Morgan fingerprint density at radius 3 is 2.69 bits per heavy atom. The monoisotopic (exact) mass is 350 g/mol. The second-order valence-corrected chi connectivity index (χ2v) is 6.91. The maximum absolute atomic E-state index is 14.2. The Labute approximate surface area is 151 Å². The highest BCUT2D eigenvalue weighted by molar-refractivity contribution is 5.62. The van der Waals surface area contributed by atoms with Gasteiger partial charge in [-0.1, -0.05) is 47.7 Å². The van der Waals surface area contributed by atoms with Crippen molar-refractivity contribution in [1.82, 2.24) is 19.9 Å². The van der Waals surface area contributed by atoms with Gasteiger partial charge >= 0.3 is 0 Å². The van der Waals surface area contributed by atoms with Gasteiger partial charge in [0.05, 0.1) is 24.4 Å². The predicted octanol–water partition coefficient (Wildman–Crippen LogP) is 3.04. The van der Waals surface area contributed by atoms with E-state index in [4.69, 9.17) is 4.74 Å². The van der Waals surface area contributed by atoms with Gasteiger partial charge in [0, 0.05) is 25.2 Å². The first-order valence-corrected chi connectivity index (χ1v) is 8.86. The van der Waals surface area contributed by atoms with Crippen LogP contribution in [0.4, 0.5) is 4.39 Å². The fourth-order valence-electron chi connectivity index (χ4n) is 3.96. The third kappa shape index (κ3) is 2.62. The van der Waals surface area contributed by atoms with Crippen molar-refractivity contribution in [3.05, 3.63) is 71.7 Å². The molecule has 2 atom stereocenters. The molecule has 1 fully saturated rings. The smallest absolute Gasteiger partial charge is 0.132 e. The maximum Gasteiger partial charge on any atom is 0.132 e. The van der Waals surface area contributed by atoms with Crippen molar-refractivity contribution < 1.29 is 9.13 Å². The fourth-order valence-corrected chi connectivity index (χ4v) is 3.96. The van der Waals surface area contributed by atoms with Gasteiger partial charge in [-0.2, -0.15) is 0 Å². The number of benzene rings is 2. The minimum atomic E-state index is -0.282. The third-order valence-electron chi connectivity index (χ3n) is 5.23. The minimum Gasteiger partial charge on any atom is -0.368 e. The molecule has 2 aromatic carbocycles. The van der Waals surface area contributed by atoms with Crippen LogP contribution in [0.5, 0.6) is 0 Å². The molecule has 1 saturated heterocycles. The molecule has 26 heavy (non-hydrogen) atoms. The molecule has 0 saturated carbocycles. The van der Waals surface area contributed by atoms with Crippen molar-refractivity contribution in [2.75, 3.05) is 13.1 Å². The summed E-state index contributed by atoms with van der Waals surface area (Å²) in [5, 5.41) is 8.62. The van der Waals surface area contributed by atoms with Crippen molar-refractivity contribution in [3.63, 3.8) is 0 Å². The Balaban J connectivity index is 1.41. The van der Waals surface area contributed by atoms with Crippen LogP contribution < -0.4 is 0 Å². The molecular weight excluding hydrogens is 331 g/mol. The van der Waals surface area contributed by atoms with Gasteiger partial charge in [-0.15, -0.1) is 5.10 Å². The highest BCUT2D eigenvalue weighted by Gasteiger charge is 2.40. The maximum atomic E-state index is 14.2. The second-order valence-electron chi connectivity index (χ2n) is 6.91. The summed E-state index contributed by atoms with van der Waals surface area (Å²) in [6.07, 6.45) is 0.0985. The van der Waals surface area contributed by atoms with E-state index in [-0.39, 0.29) is 18.0 Å². The van der Waals surface area contributed by atoms with Crippen LogP contribution in [0.15, 0.2) is 54.6 Å². The Morgan fingerprint density at radius 2 is 1.85 bits per heavy atom. The molecule has 5 nitrogen and oxygen atoms in total. The van der Waals surface area contributed by atoms with Gasteiger partial charge in [-0.25, -0.2) is 9.07 Å². The van der Waals surface area contributed by atoms with E-state index in [9.17, 15) is 4.39 Å². The predicted molar refractivity (Wildman–Crippen MR) is 94.7 cm³/mol.